The third kappa shape index (κ3) is 4.10. The van der Waals surface area contributed by atoms with Gasteiger partial charge in [0.15, 0.2) is 0 Å². The van der Waals surface area contributed by atoms with E-state index in [-0.39, 0.29) is 11.8 Å². The number of aryl methyl sites for hydroxylation is 1. The summed E-state index contributed by atoms with van der Waals surface area (Å²) in [5.74, 6) is 0.195. The van der Waals surface area contributed by atoms with Gasteiger partial charge in [0, 0.05) is 37.5 Å². The molecule has 0 unspecified atom stereocenters. The summed E-state index contributed by atoms with van der Waals surface area (Å²) in [5, 5.41) is 6.66. The van der Waals surface area contributed by atoms with Crippen LogP contribution in [0.4, 0.5) is 0 Å². The average Bonchev–Trinajstić information content (AvgIpc) is 2.83. The van der Waals surface area contributed by atoms with E-state index < -0.39 is 0 Å². The Hall–Kier alpha value is -2.56. The van der Waals surface area contributed by atoms with Crippen LogP contribution in [-0.4, -0.2) is 29.5 Å². The lowest BCUT2D eigenvalue weighted by Gasteiger charge is -2.10. The molecule has 1 aromatic carbocycles. The van der Waals surface area contributed by atoms with Gasteiger partial charge in [-0.05, 0) is 36.1 Å². The number of carbonyl (C=O) groups excluding carboxylic acids is 2. The second kappa shape index (κ2) is 8.01. The molecule has 2 N–H and O–H groups in total. The lowest BCUT2D eigenvalue weighted by atomic mass is 10.0. The third-order valence-electron chi connectivity index (χ3n) is 4.32. The number of fused-ring (bicyclic) bond motifs is 1. The molecule has 134 valence electrons. The molecule has 25 heavy (non-hydrogen) atoms. The molecule has 0 aliphatic rings. The summed E-state index contributed by atoms with van der Waals surface area (Å²) < 4.78 is 2.00. The fourth-order valence-electron chi connectivity index (χ4n) is 3.01. The van der Waals surface area contributed by atoms with Crippen LogP contribution >= 0.6 is 0 Å². The Labute approximate surface area is 149 Å². The molecule has 5 heteroatoms. The van der Waals surface area contributed by atoms with Crippen molar-refractivity contribution in [3.8, 4) is 0 Å². The Morgan fingerprint density at radius 1 is 1.24 bits per heavy atom. The van der Waals surface area contributed by atoms with E-state index in [1.165, 1.54) is 12.5 Å². The highest BCUT2D eigenvalue weighted by molar-refractivity contribution is 6.01. The molecule has 2 aromatic rings. The largest absolute Gasteiger partial charge is 0.355 e. The Morgan fingerprint density at radius 3 is 2.52 bits per heavy atom. The zero-order chi connectivity index (χ0) is 18.6. The van der Waals surface area contributed by atoms with Gasteiger partial charge in [-0.2, -0.15) is 0 Å². The first-order valence-corrected chi connectivity index (χ1v) is 8.63. The van der Waals surface area contributed by atoms with Crippen molar-refractivity contribution in [3.63, 3.8) is 0 Å². The van der Waals surface area contributed by atoms with Crippen molar-refractivity contribution in [1.82, 2.24) is 15.2 Å². The van der Waals surface area contributed by atoms with Gasteiger partial charge in [-0.25, -0.2) is 0 Å². The molecule has 5 nitrogen and oxygen atoms in total. The van der Waals surface area contributed by atoms with E-state index in [1.54, 1.807) is 6.08 Å². The standard InChI is InChI=1S/C20H27N3O2/c1-6-11-23-18-8-7-16(13(2)3)12-17(18)14(4)19(23)20(25)22-10-9-21-15(5)24/h6-8,12-13H,1,9-11H2,2-5H3,(H,21,24)(H,22,25). The maximum atomic E-state index is 12.7. The number of nitrogens with zero attached hydrogens (tertiary/aromatic N) is 1. The minimum absolute atomic E-state index is 0.104. The molecule has 0 aliphatic heterocycles. The molecule has 0 atom stereocenters. The van der Waals surface area contributed by atoms with Gasteiger partial charge in [-0.3, -0.25) is 9.59 Å². The van der Waals surface area contributed by atoms with E-state index in [9.17, 15) is 9.59 Å². The van der Waals surface area contributed by atoms with Gasteiger partial charge in [0.2, 0.25) is 5.91 Å². The molecule has 1 aromatic heterocycles. The van der Waals surface area contributed by atoms with Crippen LogP contribution in [-0.2, 0) is 11.3 Å². The molecule has 2 rings (SSSR count). The highest BCUT2D eigenvalue weighted by Gasteiger charge is 2.20. The van der Waals surface area contributed by atoms with Gasteiger partial charge in [0.25, 0.3) is 5.91 Å². The molecule has 0 spiro atoms. The maximum absolute atomic E-state index is 12.7. The highest BCUT2D eigenvalue weighted by atomic mass is 16.2. The summed E-state index contributed by atoms with van der Waals surface area (Å²) >= 11 is 0. The van der Waals surface area contributed by atoms with Crippen LogP contribution in [0.5, 0.6) is 0 Å². The Balaban J connectivity index is 2.38. The Morgan fingerprint density at radius 2 is 1.92 bits per heavy atom. The summed E-state index contributed by atoms with van der Waals surface area (Å²) in [6, 6.07) is 6.36. The van der Waals surface area contributed by atoms with Crippen LogP contribution in [0.15, 0.2) is 30.9 Å². The normalized spacial score (nSPS) is 10.9. The average molecular weight is 341 g/mol. The van der Waals surface area contributed by atoms with Crippen LogP contribution in [0, 0.1) is 6.92 Å². The van der Waals surface area contributed by atoms with Crippen molar-refractivity contribution in [2.45, 2.75) is 40.2 Å². The summed E-state index contributed by atoms with van der Waals surface area (Å²) in [6.07, 6.45) is 1.79. The van der Waals surface area contributed by atoms with Crippen molar-refractivity contribution < 1.29 is 9.59 Å². The van der Waals surface area contributed by atoms with Gasteiger partial charge < -0.3 is 15.2 Å². The molecule has 0 bridgehead atoms. The summed E-state index contributed by atoms with van der Waals surface area (Å²) in [7, 11) is 0. The van der Waals surface area contributed by atoms with Gasteiger partial charge >= 0.3 is 0 Å². The monoisotopic (exact) mass is 341 g/mol. The second-order valence-electron chi connectivity index (χ2n) is 6.54. The SMILES string of the molecule is C=CCn1c(C(=O)NCCNC(C)=O)c(C)c2cc(C(C)C)ccc21. The molecule has 2 amide bonds. The van der Waals surface area contributed by atoms with Crippen LogP contribution in [0.3, 0.4) is 0 Å². The molecule has 0 aliphatic carbocycles. The van der Waals surface area contributed by atoms with E-state index in [2.05, 4.69) is 49.3 Å². The third-order valence-corrected chi connectivity index (χ3v) is 4.32. The second-order valence-corrected chi connectivity index (χ2v) is 6.54. The fraction of sp³-hybridized carbons (Fsp3) is 0.400. The molecular formula is C20H27N3O2. The summed E-state index contributed by atoms with van der Waals surface area (Å²) in [4.78, 5) is 23.6. The van der Waals surface area contributed by atoms with Crippen molar-refractivity contribution in [2.24, 2.45) is 0 Å². The maximum Gasteiger partial charge on any atom is 0.268 e. The summed E-state index contributed by atoms with van der Waals surface area (Å²) in [6.45, 7) is 13.0. The highest BCUT2D eigenvalue weighted by Crippen LogP contribution is 2.29. The van der Waals surface area contributed by atoms with Gasteiger partial charge in [0.1, 0.15) is 5.69 Å². The number of nitrogens with one attached hydrogen (secondary N) is 2. The van der Waals surface area contributed by atoms with E-state index in [4.69, 9.17) is 0 Å². The molecule has 0 fully saturated rings. The van der Waals surface area contributed by atoms with E-state index in [0.717, 1.165) is 16.5 Å². The number of benzene rings is 1. The van der Waals surface area contributed by atoms with Crippen LogP contribution < -0.4 is 10.6 Å². The van der Waals surface area contributed by atoms with Crippen molar-refractivity contribution in [3.05, 3.63) is 47.7 Å². The molecule has 1 heterocycles. The molecule has 0 radical (unpaired) electrons. The van der Waals surface area contributed by atoms with Gasteiger partial charge in [-0.15, -0.1) is 6.58 Å². The van der Waals surface area contributed by atoms with E-state index in [1.807, 2.05) is 11.5 Å². The lowest BCUT2D eigenvalue weighted by Crippen LogP contribution is -2.34. The Kier molecular flexibility index (Phi) is 6.02. The number of aromatic nitrogens is 1. The minimum Gasteiger partial charge on any atom is -0.355 e. The minimum atomic E-state index is -0.132. The first kappa shape index (κ1) is 18.8. The molecule has 0 saturated heterocycles. The smallest absolute Gasteiger partial charge is 0.268 e. The van der Waals surface area contributed by atoms with E-state index in [0.29, 0.717) is 31.2 Å². The molecular weight excluding hydrogens is 314 g/mol. The topological polar surface area (TPSA) is 63.1 Å². The quantitative estimate of drug-likeness (QED) is 0.600. The fourth-order valence-corrected chi connectivity index (χ4v) is 3.01. The number of allylic oxidation sites excluding steroid dienone is 1. The molecule has 0 saturated carbocycles. The van der Waals surface area contributed by atoms with Crippen LogP contribution in [0.25, 0.3) is 10.9 Å². The number of amides is 2. The van der Waals surface area contributed by atoms with Gasteiger partial charge in [0.05, 0.1) is 0 Å². The van der Waals surface area contributed by atoms with Crippen molar-refractivity contribution >= 4 is 22.7 Å². The number of hydrogen-bond acceptors (Lipinski definition) is 2. The number of rotatable bonds is 7. The predicted molar refractivity (Wildman–Crippen MR) is 102 cm³/mol. The number of hydrogen-bond donors (Lipinski definition) is 2. The first-order valence-electron chi connectivity index (χ1n) is 8.63. The van der Waals surface area contributed by atoms with Crippen LogP contribution in [0.2, 0.25) is 0 Å². The number of carbonyl (C=O) groups is 2. The predicted octanol–water partition coefficient (Wildman–Crippen LogP) is 3.13. The van der Waals surface area contributed by atoms with Gasteiger partial charge in [-0.1, -0.05) is 26.0 Å². The zero-order valence-electron chi connectivity index (χ0n) is 15.5. The van der Waals surface area contributed by atoms with Crippen LogP contribution in [0.1, 0.15) is 48.3 Å². The lowest BCUT2D eigenvalue weighted by molar-refractivity contribution is -0.118. The van der Waals surface area contributed by atoms with Crippen molar-refractivity contribution in [1.29, 1.82) is 0 Å². The zero-order valence-corrected chi connectivity index (χ0v) is 15.5. The van der Waals surface area contributed by atoms with E-state index >= 15 is 0 Å². The van der Waals surface area contributed by atoms with Crippen molar-refractivity contribution in [2.75, 3.05) is 13.1 Å². The first-order chi connectivity index (χ1) is 11.9. The summed E-state index contributed by atoms with van der Waals surface area (Å²) in [5.41, 5.74) is 3.91. The Bertz CT molecular complexity index is 803.